The van der Waals surface area contributed by atoms with Crippen molar-refractivity contribution in [3.05, 3.63) is 77.4 Å². The molecule has 3 aromatic rings. The minimum atomic E-state index is -0.466. The first kappa shape index (κ1) is 22.1. The molecule has 0 fully saturated rings. The summed E-state index contributed by atoms with van der Waals surface area (Å²) < 4.78 is 2.24. The van der Waals surface area contributed by atoms with E-state index < -0.39 is 5.91 Å². The number of aryl methyl sites for hydroxylation is 2. The number of nitrogens with two attached hydrogens (primary N) is 1. The van der Waals surface area contributed by atoms with Crippen LogP contribution >= 0.6 is 11.8 Å². The molecule has 1 aliphatic rings. The summed E-state index contributed by atoms with van der Waals surface area (Å²) in [7, 11) is 0. The minimum Gasteiger partial charge on any atom is -0.366 e. The lowest BCUT2D eigenvalue weighted by molar-refractivity contribution is -0.118. The summed E-state index contributed by atoms with van der Waals surface area (Å²) in [6, 6.07) is 15.1. The number of carbonyl (C=O) groups is 2. The van der Waals surface area contributed by atoms with Crippen molar-refractivity contribution in [2.75, 3.05) is 11.4 Å². The normalized spacial score (nSPS) is 15.6. The van der Waals surface area contributed by atoms with Gasteiger partial charge >= 0.3 is 0 Å². The standard InChI is InChI=1S/C25H28N4O2S/c1-17-16-27-18(2)28(17)14-6-3-7-15-29-21-8-4-5-9-22(21)32-23(25(29)31)19-10-12-20(13-11-19)24(26)30/h4-5,8-13,16,23H,3,6-7,14-15H2,1-2H3,(H2,26,30). The average molecular weight is 449 g/mol. The quantitative estimate of drug-likeness (QED) is 0.509. The van der Waals surface area contributed by atoms with Gasteiger partial charge in [-0.05, 0) is 62.9 Å². The van der Waals surface area contributed by atoms with Crippen LogP contribution in [0.1, 0.15) is 52.0 Å². The minimum absolute atomic E-state index is 0.0850. The molecule has 1 aromatic heterocycles. The zero-order valence-corrected chi connectivity index (χ0v) is 19.3. The summed E-state index contributed by atoms with van der Waals surface area (Å²) in [5, 5.41) is -0.330. The lowest BCUT2D eigenvalue weighted by Gasteiger charge is -2.34. The summed E-state index contributed by atoms with van der Waals surface area (Å²) in [6.45, 7) is 5.75. The molecule has 6 nitrogen and oxygen atoms in total. The molecule has 2 aromatic carbocycles. The number of anilines is 1. The molecule has 2 heterocycles. The number of hydrogen-bond acceptors (Lipinski definition) is 4. The Hall–Kier alpha value is -3.06. The van der Waals surface area contributed by atoms with Gasteiger partial charge < -0.3 is 15.2 Å². The van der Waals surface area contributed by atoms with Crippen molar-refractivity contribution >= 4 is 29.3 Å². The average Bonchev–Trinajstić information content (AvgIpc) is 3.12. The molecule has 4 rings (SSSR count). The van der Waals surface area contributed by atoms with E-state index in [0.717, 1.165) is 47.8 Å². The van der Waals surface area contributed by atoms with E-state index in [0.29, 0.717) is 12.1 Å². The Morgan fingerprint density at radius 2 is 1.75 bits per heavy atom. The molecule has 0 saturated heterocycles. The molecule has 1 atom stereocenters. The first-order valence-corrected chi connectivity index (χ1v) is 11.8. The molecular weight excluding hydrogens is 420 g/mol. The molecule has 1 aliphatic heterocycles. The van der Waals surface area contributed by atoms with Crippen molar-refractivity contribution in [3.8, 4) is 0 Å². The number of amides is 2. The number of hydrogen-bond donors (Lipinski definition) is 1. The Kier molecular flexibility index (Phi) is 6.65. The highest BCUT2D eigenvalue weighted by Gasteiger charge is 2.34. The van der Waals surface area contributed by atoms with Crippen LogP contribution < -0.4 is 10.6 Å². The number of primary amides is 1. The van der Waals surface area contributed by atoms with Crippen LogP contribution in [0.25, 0.3) is 0 Å². The number of unbranched alkanes of at least 4 members (excludes halogenated alkanes) is 2. The second-order valence-electron chi connectivity index (χ2n) is 8.10. The van der Waals surface area contributed by atoms with E-state index in [1.807, 2.05) is 48.4 Å². The maximum Gasteiger partial charge on any atom is 0.248 e. The summed E-state index contributed by atoms with van der Waals surface area (Å²) >= 11 is 1.56. The number of thioether (sulfide) groups is 1. The third kappa shape index (κ3) is 4.58. The van der Waals surface area contributed by atoms with E-state index in [-0.39, 0.29) is 11.2 Å². The van der Waals surface area contributed by atoms with Gasteiger partial charge in [0, 0.05) is 35.4 Å². The van der Waals surface area contributed by atoms with Crippen LogP contribution in [0.3, 0.4) is 0 Å². The molecule has 2 N–H and O–H groups in total. The highest BCUT2D eigenvalue weighted by atomic mass is 32.2. The van der Waals surface area contributed by atoms with Crippen molar-refractivity contribution in [2.24, 2.45) is 5.73 Å². The Labute approximate surface area is 192 Å². The van der Waals surface area contributed by atoms with Gasteiger partial charge in [-0.25, -0.2) is 4.98 Å². The molecule has 7 heteroatoms. The summed E-state index contributed by atoms with van der Waals surface area (Å²) in [5.41, 5.74) is 8.85. The first-order chi connectivity index (χ1) is 15.5. The Bertz CT molecular complexity index is 1100. The van der Waals surface area contributed by atoms with Crippen LogP contribution in [0.15, 0.2) is 59.6 Å². The predicted molar refractivity (Wildman–Crippen MR) is 128 cm³/mol. The van der Waals surface area contributed by atoms with Gasteiger partial charge in [0.25, 0.3) is 0 Å². The van der Waals surface area contributed by atoms with Crippen molar-refractivity contribution < 1.29 is 9.59 Å². The number of aromatic nitrogens is 2. The van der Waals surface area contributed by atoms with Gasteiger partial charge in [0.2, 0.25) is 11.8 Å². The summed E-state index contributed by atoms with van der Waals surface area (Å²) in [4.78, 5) is 32.2. The maximum absolute atomic E-state index is 13.4. The van der Waals surface area contributed by atoms with E-state index in [1.54, 1.807) is 23.9 Å². The van der Waals surface area contributed by atoms with Crippen LogP contribution in [-0.4, -0.2) is 27.9 Å². The van der Waals surface area contributed by atoms with Crippen LogP contribution in [0.2, 0.25) is 0 Å². The van der Waals surface area contributed by atoms with E-state index >= 15 is 0 Å². The van der Waals surface area contributed by atoms with Crippen molar-refractivity contribution in [1.82, 2.24) is 9.55 Å². The van der Waals surface area contributed by atoms with Crippen molar-refractivity contribution in [2.45, 2.75) is 49.8 Å². The lowest BCUT2D eigenvalue weighted by atomic mass is 10.1. The van der Waals surface area contributed by atoms with Gasteiger partial charge in [-0.2, -0.15) is 0 Å². The molecule has 2 amide bonds. The van der Waals surface area contributed by atoms with E-state index in [1.165, 1.54) is 5.69 Å². The number of rotatable bonds is 8. The van der Waals surface area contributed by atoms with Crippen LogP contribution in [0.5, 0.6) is 0 Å². The van der Waals surface area contributed by atoms with Crippen LogP contribution in [0, 0.1) is 13.8 Å². The maximum atomic E-state index is 13.4. The summed E-state index contributed by atoms with van der Waals surface area (Å²) in [6.07, 6.45) is 4.93. The summed E-state index contributed by atoms with van der Waals surface area (Å²) in [5.74, 6) is 0.666. The molecule has 1 unspecified atom stereocenters. The van der Waals surface area contributed by atoms with Gasteiger partial charge in [0.1, 0.15) is 11.1 Å². The van der Waals surface area contributed by atoms with Crippen LogP contribution in [-0.2, 0) is 11.3 Å². The SMILES string of the molecule is Cc1cnc(C)n1CCCCCN1C(=O)C(c2ccc(C(N)=O)cc2)Sc2ccccc21. The molecule has 0 saturated carbocycles. The number of imidazole rings is 1. The number of nitrogens with zero attached hydrogens (tertiary/aromatic N) is 3. The van der Waals surface area contributed by atoms with Crippen LogP contribution in [0.4, 0.5) is 5.69 Å². The van der Waals surface area contributed by atoms with Crippen molar-refractivity contribution in [1.29, 1.82) is 0 Å². The molecule has 0 bridgehead atoms. The Morgan fingerprint density at radius 1 is 1.03 bits per heavy atom. The second-order valence-corrected chi connectivity index (χ2v) is 9.25. The third-order valence-corrected chi connectivity index (χ3v) is 7.22. The van der Waals surface area contributed by atoms with Gasteiger partial charge in [0.15, 0.2) is 0 Å². The van der Waals surface area contributed by atoms with E-state index in [9.17, 15) is 9.59 Å². The van der Waals surface area contributed by atoms with E-state index in [4.69, 9.17) is 5.73 Å². The largest absolute Gasteiger partial charge is 0.366 e. The zero-order valence-electron chi connectivity index (χ0n) is 18.5. The van der Waals surface area contributed by atoms with Gasteiger partial charge in [-0.15, -0.1) is 11.8 Å². The highest BCUT2D eigenvalue weighted by Crippen LogP contribution is 2.46. The first-order valence-electron chi connectivity index (χ1n) is 10.9. The molecule has 0 spiro atoms. The highest BCUT2D eigenvalue weighted by molar-refractivity contribution is 8.00. The fourth-order valence-corrected chi connectivity index (χ4v) is 5.35. The van der Waals surface area contributed by atoms with Gasteiger partial charge in [-0.1, -0.05) is 24.3 Å². The smallest absolute Gasteiger partial charge is 0.248 e. The lowest BCUT2D eigenvalue weighted by Crippen LogP contribution is -2.38. The number of para-hydroxylation sites is 1. The zero-order chi connectivity index (χ0) is 22.7. The molecule has 166 valence electrons. The monoisotopic (exact) mass is 448 g/mol. The molecule has 32 heavy (non-hydrogen) atoms. The topological polar surface area (TPSA) is 81.2 Å². The molecule has 0 radical (unpaired) electrons. The number of benzene rings is 2. The van der Waals surface area contributed by atoms with E-state index in [2.05, 4.69) is 22.5 Å². The predicted octanol–water partition coefficient (Wildman–Crippen LogP) is 4.65. The Morgan fingerprint density at radius 3 is 2.44 bits per heavy atom. The Balaban J connectivity index is 1.44. The second kappa shape index (κ2) is 9.61. The number of fused-ring (bicyclic) bond motifs is 1. The fraction of sp³-hybridized carbons (Fsp3) is 0.320. The fourth-order valence-electron chi connectivity index (χ4n) is 4.12. The molecule has 0 aliphatic carbocycles. The van der Waals surface area contributed by atoms with Gasteiger partial charge in [-0.3, -0.25) is 9.59 Å². The van der Waals surface area contributed by atoms with Crippen molar-refractivity contribution in [3.63, 3.8) is 0 Å². The van der Waals surface area contributed by atoms with Gasteiger partial charge in [0.05, 0.1) is 5.69 Å². The third-order valence-electron chi connectivity index (χ3n) is 5.91. The number of carbonyl (C=O) groups excluding carboxylic acids is 2. The molecular formula is C25H28N4O2S.